The molecule has 2 aromatic rings. The molecule has 9 heteroatoms. The molecule has 0 aliphatic carbocycles. The average Bonchev–Trinajstić information content (AvgIpc) is 2.60. The Bertz CT molecular complexity index is 943. The summed E-state index contributed by atoms with van der Waals surface area (Å²) in [5.41, 5.74) is 0.703. The summed E-state index contributed by atoms with van der Waals surface area (Å²) in [4.78, 5) is 12.1. The van der Waals surface area contributed by atoms with Gasteiger partial charge in [0.1, 0.15) is 5.75 Å². The third-order valence-corrected chi connectivity index (χ3v) is 5.05. The molecular weight excluding hydrogens is 390 g/mol. The molecule has 2 N–H and O–H groups in total. The third-order valence-electron chi connectivity index (χ3n) is 3.37. The molecule has 0 radical (unpaired) electrons. The van der Waals surface area contributed by atoms with Crippen molar-refractivity contribution < 1.29 is 26.7 Å². The minimum Gasteiger partial charge on any atom is -0.434 e. The van der Waals surface area contributed by atoms with Gasteiger partial charge in [-0.2, -0.15) is 8.78 Å². The number of sulfonamides is 1. The number of nitrogens with one attached hydrogen (secondary N) is 2. The predicted molar refractivity (Wildman–Crippen MR) is 103 cm³/mol. The highest BCUT2D eigenvalue weighted by molar-refractivity contribution is 7.89. The summed E-state index contributed by atoms with van der Waals surface area (Å²) in [6.07, 6.45) is 2.51. The highest BCUT2D eigenvalue weighted by atomic mass is 32.2. The summed E-state index contributed by atoms with van der Waals surface area (Å²) < 4.78 is 55.8. The second-order valence-electron chi connectivity index (χ2n) is 6.04. The normalized spacial score (nSPS) is 11.9. The minimum absolute atomic E-state index is 0.0474. The van der Waals surface area contributed by atoms with Crippen LogP contribution in [0.3, 0.4) is 0 Å². The summed E-state index contributed by atoms with van der Waals surface area (Å²) in [5, 5.41) is 2.56. The van der Waals surface area contributed by atoms with Crippen LogP contribution in [0.2, 0.25) is 0 Å². The quantitative estimate of drug-likeness (QED) is 0.651. The molecule has 0 heterocycles. The number of benzene rings is 2. The van der Waals surface area contributed by atoms with Gasteiger partial charge in [0.05, 0.1) is 4.90 Å². The zero-order valence-corrected chi connectivity index (χ0v) is 16.0. The maximum Gasteiger partial charge on any atom is 0.387 e. The molecule has 2 rings (SSSR count). The van der Waals surface area contributed by atoms with E-state index in [1.807, 2.05) is 0 Å². The zero-order chi connectivity index (χ0) is 20.7. The number of alkyl halides is 2. The number of amides is 1. The van der Waals surface area contributed by atoms with Crippen molar-refractivity contribution in [3.05, 3.63) is 60.2 Å². The Hall–Kier alpha value is -2.78. The van der Waals surface area contributed by atoms with E-state index in [1.54, 1.807) is 26.0 Å². The van der Waals surface area contributed by atoms with Crippen molar-refractivity contribution in [1.82, 2.24) is 4.72 Å². The van der Waals surface area contributed by atoms with Crippen molar-refractivity contribution in [3.63, 3.8) is 0 Å². The Morgan fingerprint density at radius 1 is 1.07 bits per heavy atom. The first-order valence-electron chi connectivity index (χ1n) is 8.32. The van der Waals surface area contributed by atoms with E-state index < -0.39 is 22.5 Å². The molecule has 0 spiro atoms. The van der Waals surface area contributed by atoms with Gasteiger partial charge in [-0.25, -0.2) is 13.1 Å². The number of carbonyl (C=O) groups excluding carboxylic acids is 1. The van der Waals surface area contributed by atoms with Crippen molar-refractivity contribution in [2.24, 2.45) is 0 Å². The number of rotatable bonds is 8. The molecule has 0 atom stereocenters. The fraction of sp³-hybridized carbons (Fsp3) is 0.211. The molecule has 28 heavy (non-hydrogen) atoms. The van der Waals surface area contributed by atoms with Crippen LogP contribution in [0.5, 0.6) is 5.75 Å². The van der Waals surface area contributed by atoms with Crippen molar-refractivity contribution in [3.8, 4) is 5.75 Å². The van der Waals surface area contributed by atoms with Crippen LogP contribution in [-0.4, -0.2) is 27.0 Å². The van der Waals surface area contributed by atoms with Gasteiger partial charge in [-0.05, 0) is 50.3 Å². The lowest BCUT2D eigenvalue weighted by molar-refractivity contribution is -0.111. The summed E-state index contributed by atoms with van der Waals surface area (Å²) >= 11 is 0. The number of para-hydroxylation sites is 1. The van der Waals surface area contributed by atoms with E-state index in [-0.39, 0.29) is 16.7 Å². The Balaban J connectivity index is 2.05. The van der Waals surface area contributed by atoms with Gasteiger partial charge in [-0.1, -0.05) is 18.2 Å². The molecule has 0 aromatic heterocycles. The molecule has 6 nitrogen and oxygen atoms in total. The van der Waals surface area contributed by atoms with E-state index in [2.05, 4.69) is 14.8 Å². The molecule has 0 saturated heterocycles. The molecule has 0 saturated carbocycles. The van der Waals surface area contributed by atoms with Crippen LogP contribution in [0.15, 0.2) is 59.5 Å². The first-order valence-corrected chi connectivity index (χ1v) is 9.81. The maximum atomic E-state index is 12.4. The van der Waals surface area contributed by atoms with Gasteiger partial charge in [0.15, 0.2) is 0 Å². The largest absolute Gasteiger partial charge is 0.434 e. The van der Waals surface area contributed by atoms with Crippen LogP contribution >= 0.6 is 0 Å². The van der Waals surface area contributed by atoms with Gasteiger partial charge in [-0.3, -0.25) is 4.79 Å². The number of ether oxygens (including phenoxy) is 1. The Morgan fingerprint density at radius 3 is 2.32 bits per heavy atom. The van der Waals surface area contributed by atoms with Crippen molar-refractivity contribution in [1.29, 1.82) is 0 Å². The van der Waals surface area contributed by atoms with Gasteiger partial charge in [0.25, 0.3) is 0 Å². The van der Waals surface area contributed by atoms with Crippen LogP contribution in [0.4, 0.5) is 14.5 Å². The number of halogens is 2. The van der Waals surface area contributed by atoms with E-state index in [4.69, 9.17) is 0 Å². The number of hydrogen-bond donors (Lipinski definition) is 2. The monoisotopic (exact) mass is 410 g/mol. The number of hydrogen-bond acceptors (Lipinski definition) is 4. The SMILES string of the molecule is CC(C)NS(=O)(=O)c1ccc(NC(=O)/C=C/c2ccccc2OC(F)F)cc1. The van der Waals surface area contributed by atoms with E-state index in [1.165, 1.54) is 48.6 Å². The zero-order valence-electron chi connectivity index (χ0n) is 15.2. The van der Waals surface area contributed by atoms with Crippen molar-refractivity contribution >= 4 is 27.7 Å². The Kier molecular flexibility index (Phi) is 7.24. The summed E-state index contributed by atoms with van der Waals surface area (Å²) in [7, 11) is -3.62. The third kappa shape index (κ3) is 6.43. The summed E-state index contributed by atoms with van der Waals surface area (Å²) in [5.74, 6) is -0.559. The van der Waals surface area contributed by atoms with Crippen LogP contribution in [0.25, 0.3) is 6.08 Å². The van der Waals surface area contributed by atoms with Crippen molar-refractivity contribution in [2.75, 3.05) is 5.32 Å². The van der Waals surface area contributed by atoms with Crippen LogP contribution in [-0.2, 0) is 14.8 Å². The van der Waals surface area contributed by atoms with E-state index in [9.17, 15) is 22.0 Å². The molecule has 0 aliphatic rings. The lowest BCUT2D eigenvalue weighted by Gasteiger charge is -2.10. The standard InChI is InChI=1S/C19H20F2N2O4S/c1-13(2)23-28(25,26)16-10-8-15(9-11-16)22-18(24)12-7-14-5-3-4-6-17(14)27-19(20)21/h3-13,19,23H,1-2H3,(H,22,24)/b12-7+. The Morgan fingerprint density at radius 2 is 1.71 bits per heavy atom. The predicted octanol–water partition coefficient (Wildman–Crippen LogP) is 3.63. The maximum absolute atomic E-state index is 12.4. The topological polar surface area (TPSA) is 84.5 Å². The van der Waals surface area contributed by atoms with E-state index in [0.717, 1.165) is 0 Å². The molecule has 0 fully saturated rings. The first-order chi connectivity index (χ1) is 13.2. The van der Waals surface area contributed by atoms with Crippen LogP contribution in [0.1, 0.15) is 19.4 Å². The minimum atomic E-state index is -3.62. The fourth-order valence-electron chi connectivity index (χ4n) is 2.27. The fourth-order valence-corrected chi connectivity index (χ4v) is 3.52. The molecule has 2 aromatic carbocycles. The highest BCUT2D eigenvalue weighted by Gasteiger charge is 2.15. The molecule has 0 unspecified atom stereocenters. The Labute approximate surface area is 162 Å². The van der Waals surface area contributed by atoms with Gasteiger partial charge < -0.3 is 10.1 Å². The number of anilines is 1. The van der Waals surface area contributed by atoms with Gasteiger partial charge in [0, 0.05) is 23.4 Å². The van der Waals surface area contributed by atoms with Crippen molar-refractivity contribution in [2.45, 2.75) is 31.4 Å². The van der Waals surface area contributed by atoms with E-state index in [0.29, 0.717) is 11.3 Å². The molecule has 0 bridgehead atoms. The van der Waals surface area contributed by atoms with Crippen LogP contribution in [0, 0.1) is 0 Å². The van der Waals surface area contributed by atoms with Crippen LogP contribution < -0.4 is 14.8 Å². The molecule has 0 aliphatic heterocycles. The second kappa shape index (κ2) is 9.43. The number of carbonyl (C=O) groups is 1. The van der Waals surface area contributed by atoms with Gasteiger partial charge >= 0.3 is 6.61 Å². The smallest absolute Gasteiger partial charge is 0.387 e. The van der Waals surface area contributed by atoms with Gasteiger partial charge in [0.2, 0.25) is 15.9 Å². The average molecular weight is 410 g/mol. The molecule has 150 valence electrons. The summed E-state index contributed by atoms with van der Waals surface area (Å²) in [6.45, 7) is 0.453. The lowest BCUT2D eigenvalue weighted by Crippen LogP contribution is -2.30. The van der Waals surface area contributed by atoms with E-state index >= 15 is 0 Å². The molecular formula is C19H20F2N2O4S. The first kappa shape index (κ1) is 21.5. The van der Waals surface area contributed by atoms with Gasteiger partial charge in [-0.15, -0.1) is 0 Å². The second-order valence-corrected chi connectivity index (χ2v) is 7.75. The lowest BCUT2D eigenvalue weighted by atomic mass is 10.2. The highest BCUT2D eigenvalue weighted by Crippen LogP contribution is 2.21. The summed E-state index contributed by atoms with van der Waals surface area (Å²) in [6, 6.07) is 11.5. The molecule has 1 amide bonds.